The van der Waals surface area contributed by atoms with Gasteiger partial charge >= 0.3 is 5.97 Å². The fourth-order valence-corrected chi connectivity index (χ4v) is 5.21. The first-order valence-electron chi connectivity index (χ1n) is 10.3. The summed E-state index contributed by atoms with van der Waals surface area (Å²) >= 11 is 0. The number of ether oxygens (including phenoxy) is 1. The lowest BCUT2D eigenvalue weighted by atomic mass is 9.95. The Balaban J connectivity index is 1.59. The van der Waals surface area contributed by atoms with Crippen molar-refractivity contribution in [1.82, 2.24) is 4.90 Å². The molecule has 2 atom stereocenters. The Bertz CT molecular complexity index is 655. The van der Waals surface area contributed by atoms with Crippen LogP contribution in [-0.2, 0) is 9.16 Å². The second-order valence-electron chi connectivity index (χ2n) is 9.73. The molecule has 5 heteroatoms. The Morgan fingerprint density at radius 2 is 1.93 bits per heavy atom. The summed E-state index contributed by atoms with van der Waals surface area (Å²) in [6.45, 7) is 13.9. The predicted molar refractivity (Wildman–Crippen MR) is 112 cm³/mol. The van der Waals surface area contributed by atoms with Crippen LogP contribution in [0.1, 0.15) is 56.8 Å². The van der Waals surface area contributed by atoms with Gasteiger partial charge in [0.15, 0.2) is 8.32 Å². The molecule has 2 heterocycles. The molecule has 4 nitrogen and oxygen atoms in total. The summed E-state index contributed by atoms with van der Waals surface area (Å²) in [6, 6.07) is 9.75. The highest BCUT2D eigenvalue weighted by Gasteiger charge is 2.50. The zero-order valence-corrected chi connectivity index (χ0v) is 18.6. The third kappa shape index (κ3) is 4.30. The highest BCUT2D eigenvalue weighted by atomic mass is 28.4. The van der Waals surface area contributed by atoms with Crippen LogP contribution in [0.2, 0.25) is 18.1 Å². The predicted octanol–water partition coefficient (Wildman–Crippen LogP) is 4.86. The van der Waals surface area contributed by atoms with Gasteiger partial charge in [-0.1, -0.05) is 39.0 Å². The van der Waals surface area contributed by atoms with E-state index in [4.69, 9.17) is 9.16 Å². The van der Waals surface area contributed by atoms with Gasteiger partial charge in [0, 0.05) is 12.6 Å². The lowest BCUT2D eigenvalue weighted by molar-refractivity contribution is 0.0159. The number of rotatable bonds is 6. The maximum absolute atomic E-state index is 12.4. The molecule has 1 aromatic rings. The number of carbonyl (C=O) groups is 1. The van der Waals surface area contributed by atoms with Crippen LogP contribution in [0, 0.1) is 0 Å². The fourth-order valence-electron chi connectivity index (χ4n) is 4.17. The lowest BCUT2D eigenvalue weighted by Gasteiger charge is -2.39. The van der Waals surface area contributed by atoms with Crippen molar-refractivity contribution in [2.45, 2.75) is 76.2 Å². The number of hydrogen-bond donors (Lipinski definition) is 0. The number of nitrogens with zero attached hydrogens (tertiary/aromatic N) is 1. The Morgan fingerprint density at radius 1 is 1.22 bits per heavy atom. The summed E-state index contributed by atoms with van der Waals surface area (Å²) in [5.74, 6) is -0.210. The van der Waals surface area contributed by atoms with Crippen LogP contribution in [-0.4, -0.2) is 50.5 Å². The van der Waals surface area contributed by atoms with E-state index in [-0.39, 0.29) is 16.5 Å². The summed E-state index contributed by atoms with van der Waals surface area (Å²) < 4.78 is 12.3. The summed E-state index contributed by atoms with van der Waals surface area (Å²) in [6.07, 6.45) is 4.53. The summed E-state index contributed by atoms with van der Waals surface area (Å²) in [5, 5.41) is 0.235. The summed E-state index contributed by atoms with van der Waals surface area (Å²) in [7, 11) is -1.73. The van der Waals surface area contributed by atoms with Crippen molar-refractivity contribution >= 4 is 14.3 Å². The monoisotopic (exact) mass is 389 g/mol. The SMILES string of the molecule is CC(C)(C)[Si](C)(C)OC[C@@H]1CC[C@]2(COC(=O)c3ccccc3)CCCN12. The molecule has 0 bridgehead atoms. The number of fused-ring (bicyclic) bond motifs is 1. The van der Waals surface area contributed by atoms with Crippen LogP contribution in [0.25, 0.3) is 0 Å². The van der Waals surface area contributed by atoms with Gasteiger partial charge in [0.05, 0.1) is 11.1 Å². The van der Waals surface area contributed by atoms with Gasteiger partial charge in [0.25, 0.3) is 0 Å². The fraction of sp³-hybridized carbons (Fsp3) is 0.682. The molecule has 2 aliphatic rings. The molecule has 0 saturated carbocycles. The Kier molecular flexibility index (Phi) is 5.85. The van der Waals surface area contributed by atoms with Crippen LogP contribution in [0.3, 0.4) is 0 Å². The normalized spacial score (nSPS) is 26.2. The summed E-state index contributed by atoms with van der Waals surface area (Å²) in [4.78, 5) is 15.0. The minimum atomic E-state index is -1.73. The molecule has 0 aliphatic carbocycles. The van der Waals surface area contributed by atoms with Crippen LogP contribution >= 0.6 is 0 Å². The zero-order valence-electron chi connectivity index (χ0n) is 17.6. The van der Waals surface area contributed by atoms with Crippen molar-refractivity contribution in [2.75, 3.05) is 19.8 Å². The van der Waals surface area contributed by atoms with E-state index in [0.29, 0.717) is 18.2 Å². The molecular weight excluding hydrogens is 354 g/mol. The molecule has 2 saturated heterocycles. The minimum Gasteiger partial charge on any atom is -0.460 e. The van der Waals surface area contributed by atoms with E-state index < -0.39 is 8.32 Å². The van der Waals surface area contributed by atoms with E-state index in [9.17, 15) is 4.79 Å². The van der Waals surface area contributed by atoms with Gasteiger partial charge in [-0.15, -0.1) is 0 Å². The minimum absolute atomic E-state index is 0.0197. The first kappa shape index (κ1) is 20.6. The molecule has 0 N–H and O–H groups in total. The van der Waals surface area contributed by atoms with Crippen molar-refractivity contribution in [2.24, 2.45) is 0 Å². The number of benzene rings is 1. The Labute approximate surface area is 165 Å². The van der Waals surface area contributed by atoms with Crippen LogP contribution in [0.4, 0.5) is 0 Å². The van der Waals surface area contributed by atoms with Crippen molar-refractivity contribution in [1.29, 1.82) is 0 Å². The molecule has 0 aromatic heterocycles. The van der Waals surface area contributed by atoms with Gasteiger partial charge < -0.3 is 9.16 Å². The molecular formula is C22H35NO3Si. The van der Waals surface area contributed by atoms with Crippen molar-refractivity contribution in [3.8, 4) is 0 Å². The van der Waals surface area contributed by atoms with Gasteiger partial charge in [-0.3, -0.25) is 4.90 Å². The molecule has 2 fully saturated rings. The van der Waals surface area contributed by atoms with Gasteiger partial charge in [-0.05, 0) is 62.5 Å². The molecule has 0 spiro atoms. The standard InChI is InChI=1S/C22H35NO3Si/c1-21(2,3)27(4,5)26-16-19-12-14-22(13-9-15-23(19)22)17-25-20(24)18-10-7-6-8-11-18/h6-8,10-11,19H,9,12-17H2,1-5H3/t19-,22-/m0/s1. The van der Waals surface area contributed by atoms with E-state index in [1.807, 2.05) is 30.3 Å². The Morgan fingerprint density at radius 3 is 2.59 bits per heavy atom. The number of carbonyl (C=O) groups excluding carboxylic acids is 1. The van der Waals surface area contributed by atoms with Gasteiger partial charge in [0.2, 0.25) is 0 Å². The topological polar surface area (TPSA) is 38.8 Å². The van der Waals surface area contributed by atoms with Crippen molar-refractivity contribution in [3.05, 3.63) is 35.9 Å². The molecule has 0 amide bonds. The third-order valence-corrected chi connectivity index (χ3v) is 11.5. The highest BCUT2D eigenvalue weighted by Crippen LogP contribution is 2.44. The van der Waals surface area contributed by atoms with E-state index in [1.165, 1.54) is 6.42 Å². The maximum atomic E-state index is 12.4. The van der Waals surface area contributed by atoms with Gasteiger partial charge in [-0.2, -0.15) is 0 Å². The summed E-state index contributed by atoms with van der Waals surface area (Å²) in [5.41, 5.74) is 0.653. The molecule has 1 aromatic carbocycles. The first-order valence-corrected chi connectivity index (χ1v) is 13.2. The number of esters is 1. The van der Waals surface area contributed by atoms with E-state index in [0.717, 1.165) is 32.4 Å². The molecule has 150 valence electrons. The average molecular weight is 390 g/mol. The zero-order chi connectivity index (χ0) is 19.7. The van der Waals surface area contributed by atoms with Gasteiger partial charge in [-0.25, -0.2) is 4.79 Å². The maximum Gasteiger partial charge on any atom is 0.338 e. The van der Waals surface area contributed by atoms with E-state index >= 15 is 0 Å². The lowest BCUT2D eigenvalue weighted by Crippen LogP contribution is -2.49. The smallest absolute Gasteiger partial charge is 0.338 e. The number of hydrogen-bond acceptors (Lipinski definition) is 4. The van der Waals surface area contributed by atoms with E-state index in [1.54, 1.807) is 0 Å². The first-order chi connectivity index (χ1) is 12.6. The molecule has 27 heavy (non-hydrogen) atoms. The third-order valence-electron chi connectivity index (χ3n) is 6.96. The quantitative estimate of drug-likeness (QED) is 0.514. The van der Waals surface area contributed by atoms with Crippen molar-refractivity contribution < 1.29 is 14.0 Å². The van der Waals surface area contributed by atoms with E-state index in [2.05, 4.69) is 38.8 Å². The van der Waals surface area contributed by atoms with Crippen LogP contribution in [0.15, 0.2) is 30.3 Å². The molecule has 0 radical (unpaired) electrons. The van der Waals surface area contributed by atoms with Gasteiger partial charge in [0.1, 0.15) is 6.61 Å². The molecule has 0 unspecified atom stereocenters. The molecule has 3 rings (SSSR count). The highest BCUT2D eigenvalue weighted by molar-refractivity contribution is 6.74. The van der Waals surface area contributed by atoms with Crippen molar-refractivity contribution in [3.63, 3.8) is 0 Å². The Hall–Kier alpha value is -1.17. The second-order valence-corrected chi connectivity index (χ2v) is 14.5. The second kappa shape index (κ2) is 7.68. The largest absolute Gasteiger partial charge is 0.460 e. The van der Waals surface area contributed by atoms with Crippen LogP contribution in [0.5, 0.6) is 0 Å². The molecule has 2 aliphatic heterocycles. The average Bonchev–Trinajstić information content (AvgIpc) is 3.17. The van der Waals surface area contributed by atoms with Crippen LogP contribution < -0.4 is 0 Å².